The summed E-state index contributed by atoms with van der Waals surface area (Å²) in [5.74, 6) is 0.0598. The Kier molecular flexibility index (Phi) is 4.35. The first-order valence-electron chi connectivity index (χ1n) is 9.04. The molecule has 1 atom stereocenters. The van der Waals surface area contributed by atoms with Crippen molar-refractivity contribution >= 4 is 22.6 Å². The van der Waals surface area contributed by atoms with E-state index in [1.54, 1.807) is 36.0 Å². The number of fused-ring (bicyclic) bond motifs is 2. The molecule has 2 N–H and O–H groups in total. The standard InChI is InChI=1S/C19H18N8O2/c1-10(2)23-18(28)11(3)27-17-14(24-19(27)29)9-21-16(25-17)13-8-22-26-5-4-12(7-20)6-15(13)26/h4-6,8-11H,1-3H3,(H,23,28)(H,24,29)/t11-/m1/s1. The van der Waals surface area contributed by atoms with Gasteiger partial charge in [0, 0.05) is 12.2 Å². The summed E-state index contributed by atoms with van der Waals surface area (Å²) in [5.41, 5.74) is 2.07. The molecule has 146 valence electrons. The normalized spacial score (nSPS) is 12.4. The molecule has 4 aromatic rings. The topological polar surface area (TPSA) is 134 Å². The van der Waals surface area contributed by atoms with E-state index in [4.69, 9.17) is 5.26 Å². The maximum atomic E-state index is 12.5. The van der Waals surface area contributed by atoms with Gasteiger partial charge in [0.1, 0.15) is 11.6 Å². The number of nitrogens with one attached hydrogen (secondary N) is 2. The molecule has 10 nitrogen and oxygen atoms in total. The maximum Gasteiger partial charge on any atom is 0.328 e. The van der Waals surface area contributed by atoms with E-state index in [2.05, 4.69) is 31.4 Å². The SMILES string of the molecule is CC(C)NC(=O)[C@@H](C)n1c(=O)[nH]c2cnc(-c3cnn4ccc(C#N)cc34)nc21. The molecule has 10 heteroatoms. The van der Waals surface area contributed by atoms with Crippen molar-refractivity contribution in [2.24, 2.45) is 0 Å². The minimum atomic E-state index is -0.754. The average Bonchev–Trinajstić information content (AvgIpc) is 3.25. The third kappa shape index (κ3) is 3.12. The molecule has 0 aliphatic rings. The lowest BCUT2D eigenvalue weighted by Gasteiger charge is -2.15. The van der Waals surface area contributed by atoms with Crippen molar-refractivity contribution in [3.8, 4) is 17.5 Å². The van der Waals surface area contributed by atoms with Gasteiger partial charge in [-0.25, -0.2) is 19.3 Å². The van der Waals surface area contributed by atoms with Crippen molar-refractivity contribution in [1.29, 1.82) is 5.26 Å². The summed E-state index contributed by atoms with van der Waals surface area (Å²) in [6.07, 6.45) is 4.78. The molecule has 0 saturated heterocycles. The third-order valence-corrected chi connectivity index (χ3v) is 4.55. The molecule has 0 aliphatic heterocycles. The van der Waals surface area contributed by atoms with Crippen LogP contribution in [0.2, 0.25) is 0 Å². The Hall–Kier alpha value is -4.00. The second-order valence-electron chi connectivity index (χ2n) is 6.99. The number of nitrogens with zero attached hydrogens (tertiary/aromatic N) is 6. The van der Waals surface area contributed by atoms with Crippen LogP contribution in [0.5, 0.6) is 0 Å². The average molecular weight is 390 g/mol. The Labute approximate surface area is 164 Å². The van der Waals surface area contributed by atoms with E-state index in [1.165, 1.54) is 10.8 Å². The number of imidazole rings is 1. The number of carbonyl (C=O) groups excluding carboxylic acids is 1. The molecule has 0 unspecified atom stereocenters. The highest BCUT2D eigenvalue weighted by molar-refractivity contribution is 5.84. The number of hydrogen-bond donors (Lipinski definition) is 2. The number of amides is 1. The van der Waals surface area contributed by atoms with Gasteiger partial charge in [0.2, 0.25) is 5.91 Å². The number of aromatic nitrogens is 6. The zero-order valence-corrected chi connectivity index (χ0v) is 16.0. The molecule has 4 heterocycles. The molecule has 0 saturated carbocycles. The summed E-state index contributed by atoms with van der Waals surface area (Å²) in [5, 5.41) is 16.2. The highest BCUT2D eigenvalue weighted by Gasteiger charge is 2.22. The number of rotatable bonds is 4. The molecule has 0 aromatic carbocycles. The van der Waals surface area contributed by atoms with Crippen molar-refractivity contribution < 1.29 is 4.79 Å². The van der Waals surface area contributed by atoms with Crippen LogP contribution in [0.15, 0.2) is 35.5 Å². The summed E-state index contributed by atoms with van der Waals surface area (Å²) >= 11 is 0. The van der Waals surface area contributed by atoms with Crippen molar-refractivity contribution in [2.75, 3.05) is 0 Å². The molecule has 0 radical (unpaired) electrons. The number of hydrogen-bond acceptors (Lipinski definition) is 6. The van der Waals surface area contributed by atoms with E-state index in [9.17, 15) is 9.59 Å². The Morgan fingerprint density at radius 1 is 1.31 bits per heavy atom. The molecular formula is C19H18N8O2. The fourth-order valence-corrected chi connectivity index (χ4v) is 3.15. The number of nitriles is 1. The van der Waals surface area contributed by atoms with Gasteiger partial charge < -0.3 is 10.3 Å². The first-order chi connectivity index (χ1) is 13.9. The minimum Gasteiger partial charge on any atom is -0.352 e. The minimum absolute atomic E-state index is 0.0517. The first kappa shape index (κ1) is 18.4. The molecular weight excluding hydrogens is 372 g/mol. The Balaban J connectivity index is 1.86. The van der Waals surface area contributed by atoms with E-state index in [1.807, 2.05) is 13.8 Å². The second-order valence-corrected chi connectivity index (χ2v) is 6.99. The predicted octanol–water partition coefficient (Wildman–Crippen LogP) is 1.39. The Bertz CT molecular complexity index is 1340. The predicted molar refractivity (Wildman–Crippen MR) is 105 cm³/mol. The van der Waals surface area contributed by atoms with E-state index >= 15 is 0 Å². The third-order valence-electron chi connectivity index (χ3n) is 4.55. The highest BCUT2D eigenvalue weighted by atomic mass is 16.2. The zero-order chi connectivity index (χ0) is 20.7. The van der Waals surface area contributed by atoms with Crippen LogP contribution in [0.25, 0.3) is 28.1 Å². The largest absolute Gasteiger partial charge is 0.352 e. The van der Waals surface area contributed by atoms with Gasteiger partial charge in [0.25, 0.3) is 0 Å². The summed E-state index contributed by atoms with van der Waals surface area (Å²) < 4.78 is 2.93. The number of pyridine rings is 1. The van der Waals surface area contributed by atoms with Crippen LogP contribution in [-0.4, -0.2) is 41.1 Å². The highest BCUT2D eigenvalue weighted by Crippen LogP contribution is 2.23. The number of carbonyl (C=O) groups is 1. The summed E-state index contributed by atoms with van der Waals surface area (Å²) in [6.45, 7) is 5.34. The van der Waals surface area contributed by atoms with Crippen LogP contribution < -0.4 is 11.0 Å². The first-order valence-corrected chi connectivity index (χ1v) is 9.04. The molecule has 0 bridgehead atoms. The van der Waals surface area contributed by atoms with Crippen LogP contribution in [0.4, 0.5) is 0 Å². The lowest BCUT2D eigenvalue weighted by Crippen LogP contribution is -2.38. The van der Waals surface area contributed by atoms with E-state index < -0.39 is 11.7 Å². The van der Waals surface area contributed by atoms with Gasteiger partial charge >= 0.3 is 5.69 Å². The van der Waals surface area contributed by atoms with Crippen molar-refractivity contribution in [1.82, 2.24) is 34.4 Å². The molecule has 0 fully saturated rings. The lowest BCUT2D eigenvalue weighted by atomic mass is 10.2. The molecule has 0 aliphatic carbocycles. The Morgan fingerprint density at radius 2 is 2.10 bits per heavy atom. The van der Waals surface area contributed by atoms with E-state index in [0.717, 1.165) is 0 Å². The summed E-state index contributed by atoms with van der Waals surface area (Å²) in [7, 11) is 0. The number of aromatic amines is 1. The van der Waals surface area contributed by atoms with Crippen molar-refractivity contribution in [3.05, 3.63) is 46.8 Å². The summed E-state index contributed by atoms with van der Waals surface area (Å²) in [6, 6.07) is 4.64. The van der Waals surface area contributed by atoms with Crippen molar-refractivity contribution in [3.63, 3.8) is 0 Å². The second kappa shape index (κ2) is 6.87. The summed E-state index contributed by atoms with van der Waals surface area (Å²) in [4.78, 5) is 36.5. The van der Waals surface area contributed by atoms with Gasteiger partial charge in [-0.3, -0.25) is 9.36 Å². The lowest BCUT2D eigenvalue weighted by molar-refractivity contribution is -0.124. The molecule has 29 heavy (non-hydrogen) atoms. The molecule has 4 rings (SSSR count). The maximum absolute atomic E-state index is 12.5. The van der Waals surface area contributed by atoms with Crippen LogP contribution in [0.1, 0.15) is 32.4 Å². The van der Waals surface area contributed by atoms with Gasteiger partial charge in [-0.1, -0.05) is 0 Å². The van der Waals surface area contributed by atoms with E-state index in [-0.39, 0.29) is 11.9 Å². The molecule has 0 spiro atoms. The number of H-pyrrole nitrogens is 1. The quantitative estimate of drug-likeness (QED) is 0.541. The molecule has 1 amide bonds. The van der Waals surface area contributed by atoms with Gasteiger partial charge in [-0.05, 0) is 32.9 Å². The van der Waals surface area contributed by atoms with Gasteiger partial charge in [-0.15, -0.1) is 0 Å². The molecule has 4 aromatic heterocycles. The fraction of sp³-hybridized carbons (Fsp3) is 0.263. The van der Waals surface area contributed by atoms with Crippen molar-refractivity contribution in [2.45, 2.75) is 32.9 Å². The zero-order valence-electron chi connectivity index (χ0n) is 16.0. The van der Waals surface area contributed by atoms with Crippen LogP contribution in [0, 0.1) is 11.3 Å². The monoisotopic (exact) mass is 390 g/mol. The van der Waals surface area contributed by atoms with Crippen LogP contribution in [0.3, 0.4) is 0 Å². The smallest absolute Gasteiger partial charge is 0.328 e. The Morgan fingerprint density at radius 3 is 2.83 bits per heavy atom. The van der Waals surface area contributed by atoms with Gasteiger partial charge in [-0.2, -0.15) is 10.4 Å². The van der Waals surface area contributed by atoms with Crippen LogP contribution in [-0.2, 0) is 4.79 Å². The van der Waals surface area contributed by atoms with E-state index in [0.29, 0.717) is 33.6 Å². The van der Waals surface area contributed by atoms with Gasteiger partial charge in [0.05, 0.1) is 35.1 Å². The van der Waals surface area contributed by atoms with Crippen LogP contribution >= 0.6 is 0 Å². The van der Waals surface area contributed by atoms with Gasteiger partial charge in [0.15, 0.2) is 11.5 Å². The fourth-order valence-electron chi connectivity index (χ4n) is 3.15.